The fourth-order valence-corrected chi connectivity index (χ4v) is 3.81. The van der Waals surface area contributed by atoms with Crippen LogP contribution in [0.4, 0.5) is 0 Å². The van der Waals surface area contributed by atoms with Crippen LogP contribution >= 0.6 is 11.8 Å². The largest absolute Gasteiger partial charge is 0.497 e. The average Bonchev–Trinajstić information content (AvgIpc) is 2.45. The van der Waals surface area contributed by atoms with Gasteiger partial charge in [-0.2, -0.15) is 0 Å². The molecule has 1 aromatic rings. The second-order valence-electron chi connectivity index (χ2n) is 4.95. The zero-order chi connectivity index (χ0) is 13.7. The molecular weight excluding hydrogens is 260 g/mol. The molecule has 19 heavy (non-hydrogen) atoms. The monoisotopic (exact) mass is 280 g/mol. The molecule has 0 bridgehead atoms. The van der Waals surface area contributed by atoms with Crippen molar-refractivity contribution in [2.45, 2.75) is 42.2 Å². The zero-order valence-electron chi connectivity index (χ0n) is 11.2. The van der Waals surface area contributed by atoms with Crippen LogP contribution in [0.15, 0.2) is 29.2 Å². The van der Waals surface area contributed by atoms with Crippen LogP contribution < -0.4 is 4.74 Å². The highest BCUT2D eigenvalue weighted by Gasteiger charge is 2.30. The minimum Gasteiger partial charge on any atom is -0.497 e. The molecule has 3 nitrogen and oxygen atoms in total. The summed E-state index contributed by atoms with van der Waals surface area (Å²) in [7, 11) is 1.62. The summed E-state index contributed by atoms with van der Waals surface area (Å²) < 4.78 is 5.18. The Morgan fingerprint density at radius 3 is 2.74 bits per heavy atom. The predicted octanol–water partition coefficient (Wildman–Crippen LogP) is 3.82. The van der Waals surface area contributed by atoms with Gasteiger partial charge in [-0.1, -0.05) is 25.3 Å². The van der Waals surface area contributed by atoms with E-state index in [-0.39, 0.29) is 5.25 Å². The van der Waals surface area contributed by atoms with E-state index >= 15 is 0 Å². The molecule has 0 amide bonds. The number of benzene rings is 1. The predicted molar refractivity (Wildman–Crippen MR) is 76.8 cm³/mol. The van der Waals surface area contributed by atoms with Crippen LogP contribution in [-0.4, -0.2) is 23.4 Å². The standard InChI is InChI=1S/C15H20O3S/c1-18-12-8-5-9-13(10-12)19-14(15(16)17)11-6-3-2-4-7-11/h5,8-11,14H,2-4,6-7H2,1H3,(H,16,17). The number of carbonyl (C=O) groups is 1. The Morgan fingerprint density at radius 2 is 2.11 bits per heavy atom. The lowest BCUT2D eigenvalue weighted by molar-refractivity contribution is -0.137. The van der Waals surface area contributed by atoms with E-state index in [1.165, 1.54) is 18.2 Å². The van der Waals surface area contributed by atoms with Crippen molar-refractivity contribution in [2.75, 3.05) is 7.11 Å². The molecule has 0 aromatic heterocycles. The van der Waals surface area contributed by atoms with Crippen molar-refractivity contribution in [1.29, 1.82) is 0 Å². The van der Waals surface area contributed by atoms with Crippen LogP contribution in [0.5, 0.6) is 5.75 Å². The summed E-state index contributed by atoms with van der Waals surface area (Å²) in [4.78, 5) is 12.5. The first kappa shape index (κ1) is 14.3. The lowest BCUT2D eigenvalue weighted by Gasteiger charge is -2.27. The number of rotatable bonds is 5. The van der Waals surface area contributed by atoms with E-state index in [9.17, 15) is 9.90 Å². The lowest BCUT2D eigenvalue weighted by Crippen LogP contribution is -2.28. The molecule has 1 N–H and O–H groups in total. The molecule has 1 saturated carbocycles. The van der Waals surface area contributed by atoms with E-state index in [1.54, 1.807) is 7.11 Å². The smallest absolute Gasteiger partial charge is 0.317 e. The fraction of sp³-hybridized carbons (Fsp3) is 0.533. The Bertz CT molecular complexity index is 427. The zero-order valence-corrected chi connectivity index (χ0v) is 12.0. The molecule has 4 heteroatoms. The van der Waals surface area contributed by atoms with Crippen LogP contribution in [0.3, 0.4) is 0 Å². The Balaban J connectivity index is 2.08. The molecule has 104 valence electrons. The molecule has 1 aliphatic carbocycles. The molecule has 0 saturated heterocycles. The normalized spacial score (nSPS) is 17.9. The third-order valence-corrected chi connectivity index (χ3v) is 4.99. The summed E-state index contributed by atoms with van der Waals surface area (Å²) >= 11 is 1.45. The Kier molecular flexibility index (Phi) is 5.14. The van der Waals surface area contributed by atoms with Gasteiger partial charge in [-0.05, 0) is 37.0 Å². The topological polar surface area (TPSA) is 46.5 Å². The highest BCUT2D eigenvalue weighted by Crippen LogP contribution is 2.37. The van der Waals surface area contributed by atoms with Crippen LogP contribution in [0.2, 0.25) is 0 Å². The molecule has 0 spiro atoms. The van der Waals surface area contributed by atoms with Gasteiger partial charge in [0.1, 0.15) is 11.0 Å². The van der Waals surface area contributed by atoms with Crippen molar-refractivity contribution in [3.63, 3.8) is 0 Å². The Morgan fingerprint density at radius 1 is 1.37 bits per heavy atom. The first-order chi connectivity index (χ1) is 9.20. The highest BCUT2D eigenvalue weighted by atomic mass is 32.2. The van der Waals surface area contributed by atoms with Gasteiger partial charge in [0, 0.05) is 4.90 Å². The quantitative estimate of drug-likeness (QED) is 0.833. The van der Waals surface area contributed by atoms with Crippen molar-refractivity contribution in [3.8, 4) is 5.75 Å². The molecule has 1 unspecified atom stereocenters. The van der Waals surface area contributed by atoms with Gasteiger partial charge in [-0.3, -0.25) is 4.79 Å². The molecule has 0 radical (unpaired) electrons. The molecule has 1 aliphatic rings. The van der Waals surface area contributed by atoms with E-state index in [2.05, 4.69) is 0 Å². The lowest BCUT2D eigenvalue weighted by atomic mass is 9.87. The van der Waals surface area contributed by atoms with Gasteiger partial charge >= 0.3 is 5.97 Å². The van der Waals surface area contributed by atoms with Gasteiger partial charge < -0.3 is 9.84 Å². The maximum Gasteiger partial charge on any atom is 0.317 e. The summed E-state index contributed by atoms with van der Waals surface area (Å²) in [6.45, 7) is 0. The highest BCUT2D eigenvalue weighted by molar-refractivity contribution is 8.00. The van der Waals surface area contributed by atoms with E-state index in [0.717, 1.165) is 36.3 Å². The van der Waals surface area contributed by atoms with Gasteiger partial charge in [-0.15, -0.1) is 11.8 Å². The van der Waals surface area contributed by atoms with Gasteiger partial charge in [0.2, 0.25) is 0 Å². The number of ether oxygens (including phenoxy) is 1. The van der Waals surface area contributed by atoms with E-state index < -0.39 is 5.97 Å². The summed E-state index contributed by atoms with van der Waals surface area (Å²) in [6.07, 6.45) is 5.63. The molecule has 0 aliphatic heterocycles. The van der Waals surface area contributed by atoms with Crippen LogP contribution in [0, 0.1) is 5.92 Å². The molecule has 2 rings (SSSR count). The average molecular weight is 280 g/mol. The molecule has 1 fully saturated rings. The van der Waals surface area contributed by atoms with E-state index in [0.29, 0.717) is 5.92 Å². The van der Waals surface area contributed by atoms with Crippen LogP contribution in [0.25, 0.3) is 0 Å². The van der Waals surface area contributed by atoms with Gasteiger partial charge in [0.15, 0.2) is 0 Å². The first-order valence-corrected chi connectivity index (χ1v) is 7.62. The number of carboxylic acid groups (broad SMARTS) is 1. The number of methoxy groups -OCH3 is 1. The fourth-order valence-electron chi connectivity index (χ4n) is 2.61. The molecule has 1 aromatic carbocycles. The number of hydrogen-bond donors (Lipinski definition) is 1. The number of hydrogen-bond acceptors (Lipinski definition) is 3. The van der Waals surface area contributed by atoms with Gasteiger partial charge in [0.25, 0.3) is 0 Å². The Labute approximate surface area is 118 Å². The first-order valence-electron chi connectivity index (χ1n) is 6.74. The van der Waals surface area contributed by atoms with Crippen LogP contribution in [-0.2, 0) is 4.79 Å². The van der Waals surface area contributed by atoms with Crippen molar-refractivity contribution in [2.24, 2.45) is 5.92 Å². The summed E-state index contributed by atoms with van der Waals surface area (Å²) in [6, 6.07) is 7.64. The SMILES string of the molecule is COc1cccc(SC(C(=O)O)C2CCCCC2)c1. The minimum atomic E-state index is -0.695. The van der Waals surface area contributed by atoms with Crippen molar-refractivity contribution < 1.29 is 14.6 Å². The maximum absolute atomic E-state index is 11.5. The number of carboxylic acids is 1. The van der Waals surface area contributed by atoms with Gasteiger partial charge in [0.05, 0.1) is 7.11 Å². The number of thioether (sulfide) groups is 1. The second kappa shape index (κ2) is 6.85. The number of aliphatic carboxylic acids is 1. The van der Waals surface area contributed by atoms with Gasteiger partial charge in [-0.25, -0.2) is 0 Å². The van der Waals surface area contributed by atoms with Crippen molar-refractivity contribution in [1.82, 2.24) is 0 Å². The summed E-state index contributed by atoms with van der Waals surface area (Å²) in [5, 5.41) is 9.12. The third kappa shape index (κ3) is 3.90. The molecule has 1 atom stereocenters. The second-order valence-corrected chi connectivity index (χ2v) is 6.17. The van der Waals surface area contributed by atoms with Crippen molar-refractivity contribution in [3.05, 3.63) is 24.3 Å². The van der Waals surface area contributed by atoms with E-state index in [1.807, 2.05) is 24.3 Å². The maximum atomic E-state index is 11.5. The Hall–Kier alpha value is -1.16. The summed E-state index contributed by atoms with van der Waals surface area (Å²) in [5.41, 5.74) is 0. The van der Waals surface area contributed by atoms with Crippen LogP contribution in [0.1, 0.15) is 32.1 Å². The minimum absolute atomic E-state index is 0.294. The third-order valence-electron chi connectivity index (χ3n) is 3.63. The van der Waals surface area contributed by atoms with Crippen molar-refractivity contribution >= 4 is 17.7 Å². The molecule has 0 heterocycles. The van der Waals surface area contributed by atoms with E-state index in [4.69, 9.17) is 4.74 Å². The summed E-state index contributed by atoms with van der Waals surface area (Å²) in [5.74, 6) is 0.375. The molecular formula is C15H20O3S.